The Morgan fingerprint density at radius 1 is 1.39 bits per heavy atom. The molecule has 0 amide bonds. The number of halogens is 3. The van der Waals surface area contributed by atoms with Crippen LogP contribution in [-0.4, -0.2) is 23.6 Å². The van der Waals surface area contributed by atoms with E-state index in [0.717, 1.165) is 6.42 Å². The van der Waals surface area contributed by atoms with Crippen molar-refractivity contribution < 1.29 is 13.2 Å². The van der Waals surface area contributed by atoms with Crippen molar-refractivity contribution >= 4 is 11.4 Å². The van der Waals surface area contributed by atoms with Crippen LogP contribution in [0.1, 0.15) is 19.8 Å². The summed E-state index contributed by atoms with van der Waals surface area (Å²) in [6.45, 7) is 1.66. The van der Waals surface area contributed by atoms with Gasteiger partial charge in [-0.1, -0.05) is 18.2 Å². The summed E-state index contributed by atoms with van der Waals surface area (Å²) in [5.74, 6) is 0. The molecule has 0 spiro atoms. The van der Waals surface area contributed by atoms with Crippen LogP contribution in [0.5, 0.6) is 0 Å². The van der Waals surface area contributed by atoms with Crippen LogP contribution in [-0.2, 0) is 0 Å². The smallest absolute Gasteiger partial charge is 0.273 e. The standard InChI is InChI=1S/C13H13F3N2/c1-2-6-11-12(13(14,15)16)18-10-8-5-3-4-7-9(10)17-11/h2-3,5-6,8-9H,4,7H2,1H3/b6-2+. The maximum Gasteiger partial charge on any atom is 0.435 e. The van der Waals surface area contributed by atoms with E-state index in [4.69, 9.17) is 0 Å². The number of hydrogen-bond donors (Lipinski definition) is 0. The van der Waals surface area contributed by atoms with E-state index in [1.54, 1.807) is 25.2 Å². The number of allylic oxidation sites excluding steroid dienone is 5. The fourth-order valence-electron chi connectivity index (χ4n) is 1.92. The largest absolute Gasteiger partial charge is 0.435 e. The van der Waals surface area contributed by atoms with E-state index < -0.39 is 11.9 Å². The van der Waals surface area contributed by atoms with E-state index in [-0.39, 0.29) is 11.8 Å². The van der Waals surface area contributed by atoms with Crippen LogP contribution >= 0.6 is 0 Å². The minimum Gasteiger partial charge on any atom is -0.273 e. The molecule has 2 aliphatic rings. The normalized spacial score (nSPS) is 24.2. The molecule has 0 aromatic rings. The lowest BCUT2D eigenvalue weighted by molar-refractivity contribution is -0.0567. The summed E-state index contributed by atoms with van der Waals surface area (Å²) >= 11 is 0. The summed E-state index contributed by atoms with van der Waals surface area (Å²) in [4.78, 5) is 7.93. The molecule has 0 N–H and O–H groups in total. The van der Waals surface area contributed by atoms with Crippen LogP contribution in [0.15, 0.2) is 46.1 Å². The molecule has 0 saturated heterocycles. The predicted molar refractivity (Wildman–Crippen MR) is 66.0 cm³/mol. The Hall–Kier alpha value is -1.65. The van der Waals surface area contributed by atoms with Gasteiger partial charge in [-0.2, -0.15) is 13.2 Å². The van der Waals surface area contributed by atoms with Gasteiger partial charge in [-0.25, -0.2) is 4.99 Å². The second-order valence-corrected chi connectivity index (χ2v) is 4.09. The number of rotatable bonds is 1. The first kappa shape index (κ1) is 12.8. The molecular formula is C13H13F3N2. The third-order valence-electron chi connectivity index (χ3n) is 2.72. The van der Waals surface area contributed by atoms with Crippen LogP contribution in [0.3, 0.4) is 0 Å². The van der Waals surface area contributed by atoms with Gasteiger partial charge in [0.1, 0.15) is 0 Å². The molecule has 96 valence electrons. The maximum absolute atomic E-state index is 12.9. The summed E-state index contributed by atoms with van der Waals surface area (Å²) in [5, 5.41) is 0. The molecule has 1 unspecified atom stereocenters. The van der Waals surface area contributed by atoms with Gasteiger partial charge in [-0.05, 0) is 31.9 Å². The van der Waals surface area contributed by atoms with Crippen molar-refractivity contribution in [2.24, 2.45) is 9.98 Å². The molecule has 0 saturated carbocycles. The van der Waals surface area contributed by atoms with Crippen molar-refractivity contribution in [2.75, 3.05) is 0 Å². The first-order chi connectivity index (χ1) is 8.52. The molecule has 0 radical (unpaired) electrons. The van der Waals surface area contributed by atoms with Gasteiger partial charge in [0.15, 0.2) is 5.71 Å². The SMILES string of the molecule is C/C=C/C1=NC2CCC=CC=C2N=C1C(F)(F)F. The fourth-order valence-corrected chi connectivity index (χ4v) is 1.92. The molecule has 1 aliphatic carbocycles. The molecule has 0 bridgehead atoms. The average molecular weight is 254 g/mol. The molecular weight excluding hydrogens is 241 g/mol. The van der Waals surface area contributed by atoms with Crippen LogP contribution in [0, 0.1) is 0 Å². The number of hydrogen-bond acceptors (Lipinski definition) is 2. The highest BCUT2D eigenvalue weighted by Crippen LogP contribution is 2.28. The zero-order chi connectivity index (χ0) is 13.2. The Bertz CT molecular complexity index is 479. The van der Waals surface area contributed by atoms with Crippen molar-refractivity contribution in [2.45, 2.75) is 32.0 Å². The Labute approximate surface area is 103 Å². The van der Waals surface area contributed by atoms with Gasteiger partial charge < -0.3 is 0 Å². The average Bonchev–Trinajstić information content (AvgIpc) is 2.51. The van der Waals surface area contributed by atoms with Gasteiger partial charge in [0.2, 0.25) is 0 Å². The molecule has 2 nitrogen and oxygen atoms in total. The molecule has 1 atom stereocenters. The molecule has 0 fully saturated rings. The highest BCUT2D eigenvalue weighted by atomic mass is 19.4. The zero-order valence-electron chi connectivity index (χ0n) is 9.91. The van der Waals surface area contributed by atoms with E-state index in [1.165, 1.54) is 6.08 Å². The van der Waals surface area contributed by atoms with Crippen molar-refractivity contribution in [1.82, 2.24) is 0 Å². The molecule has 18 heavy (non-hydrogen) atoms. The third kappa shape index (κ3) is 2.60. The minimum atomic E-state index is -4.47. The highest BCUT2D eigenvalue weighted by molar-refractivity contribution is 6.49. The van der Waals surface area contributed by atoms with Crippen LogP contribution in [0.4, 0.5) is 13.2 Å². The monoisotopic (exact) mass is 254 g/mol. The summed E-state index contributed by atoms with van der Waals surface area (Å²) in [6.07, 6.45) is 5.19. The van der Waals surface area contributed by atoms with E-state index >= 15 is 0 Å². The van der Waals surface area contributed by atoms with Gasteiger partial charge in [0.25, 0.3) is 0 Å². The lowest BCUT2D eigenvalue weighted by Gasteiger charge is -2.21. The quantitative estimate of drug-likeness (QED) is 0.682. The molecule has 0 aromatic carbocycles. The lowest BCUT2D eigenvalue weighted by Crippen LogP contribution is -2.34. The number of fused-ring (bicyclic) bond motifs is 1. The maximum atomic E-state index is 12.9. The lowest BCUT2D eigenvalue weighted by atomic mass is 10.1. The number of aliphatic imine (C=N–C) groups is 2. The molecule has 0 aromatic heterocycles. The number of alkyl halides is 3. The predicted octanol–water partition coefficient (Wildman–Crippen LogP) is 3.62. The number of nitrogens with zero attached hydrogens (tertiary/aromatic N) is 2. The Kier molecular flexibility index (Phi) is 3.50. The summed E-state index contributed by atoms with van der Waals surface area (Å²) < 4.78 is 38.7. The van der Waals surface area contributed by atoms with Crippen molar-refractivity contribution in [1.29, 1.82) is 0 Å². The van der Waals surface area contributed by atoms with E-state index in [1.807, 2.05) is 6.08 Å². The third-order valence-corrected chi connectivity index (χ3v) is 2.72. The van der Waals surface area contributed by atoms with Crippen LogP contribution in [0.2, 0.25) is 0 Å². The topological polar surface area (TPSA) is 24.7 Å². The molecule has 2 rings (SSSR count). The van der Waals surface area contributed by atoms with E-state index in [0.29, 0.717) is 12.1 Å². The first-order valence-electron chi connectivity index (χ1n) is 5.76. The Balaban J connectivity index is 2.45. The second-order valence-electron chi connectivity index (χ2n) is 4.09. The van der Waals surface area contributed by atoms with E-state index in [2.05, 4.69) is 9.98 Å². The van der Waals surface area contributed by atoms with Crippen LogP contribution < -0.4 is 0 Å². The van der Waals surface area contributed by atoms with Gasteiger partial charge in [-0.3, -0.25) is 4.99 Å². The summed E-state index contributed by atoms with van der Waals surface area (Å²) in [7, 11) is 0. The summed E-state index contributed by atoms with van der Waals surface area (Å²) in [6, 6.07) is -0.266. The van der Waals surface area contributed by atoms with Crippen LogP contribution in [0.25, 0.3) is 0 Å². The van der Waals surface area contributed by atoms with Crippen molar-refractivity contribution in [3.05, 3.63) is 36.1 Å². The van der Waals surface area contributed by atoms with Gasteiger partial charge in [0, 0.05) is 0 Å². The first-order valence-corrected chi connectivity index (χ1v) is 5.76. The highest BCUT2D eigenvalue weighted by Gasteiger charge is 2.41. The molecule has 1 aliphatic heterocycles. The van der Waals surface area contributed by atoms with E-state index in [9.17, 15) is 13.2 Å². The van der Waals surface area contributed by atoms with Gasteiger partial charge in [0.05, 0.1) is 17.5 Å². The van der Waals surface area contributed by atoms with Gasteiger partial charge >= 0.3 is 6.18 Å². The summed E-state index contributed by atoms with van der Waals surface area (Å²) in [5.41, 5.74) is -0.586. The minimum absolute atomic E-state index is 0.0750. The second kappa shape index (κ2) is 4.92. The Morgan fingerprint density at radius 2 is 2.17 bits per heavy atom. The molecule has 5 heteroatoms. The molecule has 1 heterocycles. The van der Waals surface area contributed by atoms with Crippen molar-refractivity contribution in [3.8, 4) is 0 Å². The fraction of sp³-hybridized carbons (Fsp3) is 0.385. The zero-order valence-corrected chi connectivity index (χ0v) is 9.91. The van der Waals surface area contributed by atoms with Gasteiger partial charge in [-0.15, -0.1) is 0 Å². The Morgan fingerprint density at radius 3 is 2.83 bits per heavy atom. The van der Waals surface area contributed by atoms with Crippen molar-refractivity contribution in [3.63, 3.8) is 0 Å².